The normalized spacial score (nSPS) is 20.3. The van der Waals surface area contributed by atoms with E-state index < -0.39 is 0 Å². The monoisotopic (exact) mass is 216 g/mol. The van der Waals surface area contributed by atoms with Crippen molar-refractivity contribution in [3.63, 3.8) is 0 Å². The Labute approximate surface area is 96.2 Å². The van der Waals surface area contributed by atoms with E-state index in [0.29, 0.717) is 5.95 Å². The van der Waals surface area contributed by atoms with E-state index in [4.69, 9.17) is 9.47 Å². The first-order chi connectivity index (χ1) is 7.88. The zero-order valence-corrected chi connectivity index (χ0v) is 9.43. The highest BCUT2D eigenvalue weighted by atomic mass is 16.7. The molecular formula is C14H16O2. The molecule has 1 aliphatic heterocycles. The molecule has 84 valence electrons. The van der Waals surface area contributed by atoms with Gasteiger partial charge in [0.15, 0.2) is 0 Å². The largest absolute Gasteiger partial charge is 0.469 e. The second-order valence-electron chi connectivity index (χ2n) is 3.73. The number of hydrogen-bond acceptors (Lipinski definition) is 2. The Bertz CT molecular complexity index is 379. The minimum absolute atomic E-state index is 0.125. The number of hydrogen-bond donors (Lipinski definition) is 0. The Morgan fingerprint density at radius 3 is 2.88 bits per heavy atom. The highest BCUT2D eigenvalue weighted by Gasteiger charge is 2.13. The quantitative estimate of drug-likeness (QED) is 0.771. The van der Waals surface area contributed by atoms with Gasteiger partial charge in [-0.05, 0) is 30.6 Å². The number of rotatable bonds is 3. The molecule has 1 unspecified atom stereocenters. The van der Waals surface area contributed by atoms with E-state index in [2.05, 4.69) is 24.3 Å². The van der Waals surface area contributed by atoms with E-state index in [-0.39, 0.29) is 6.10 Å². The lowest BCUT2D eigenvalue weighted by molar-refractivity contribution is 0.0175. The number of ether oxygens (including phenoxy) is 2. The van der Waals surface area contributed by atoms with Crippen LogP contribution < -0.4 is 0 Å². The number of methoxy groups -OCH3 is 1. The molecule has 2 rings (SSSR count). The van der Waals surface area contributed by atoms with Crippen LogP contribution in [0.3, 0.4) is 0 Å². The third-order valence-corrected chi connectivity index (χ3v) is 2.53. The summed E-state index contributed by atoms with van der Waals surface area (Å²) in [7, 11) is 1.63. The predicted molar refractivity (Wildman–Crippen MR) is 64.7 cm³/mol. The minimum Gasteiger partial charge on any atom is -0.469 e. The molecule has 0 aromatic heterocycles. The van der Waals surface area contributed by atoms with Gasteiger partial charge in [-0.3, -0.25) is 0 Å². The van der Waals surface area contributed by atoms with E-state index in [1.54, 1.807) is 7.11 Å². The predicted octanol–water partition coefficient (Wildman–Crippen LogP) is 3.37. The zero-order chi connectivity index (χ0) is 11.2. The lowest BCUT2D eigenvalue weighted by Crippen LogP contribution is -2.14. The Kier molecular flexibility index (Phi) is 3.65. The molecule has 0 spiro atoms. The fourth-order valence-electron chi connectivity index (χ4n) is 1.67. The topological polar surface area (TPSA) is 18.5 Å². The fraction of sp³-hybridized carbons (Fsp3) is 0.286. The van der Waals surface area contributed by atoms with Crippen molar-refractivity contribution in [2.75, 3.05) is 7.11 Å². The molecule has 2 heteroatoms. The van der Waals surface area contributed by atoms with Crippen LogP contribution in [0.2, 0.25) is 0 Å². The summed E-state index contributed by atoms with van der Waals surface area (Å²) in [6.07, 6.45) is 8.29. The van der Waals surface area contributed by atoms with Crippen LogP contribution in [0, 0.1) is 0 Å². The van der Waals surface area contributed by atoms with Crippen LogP contribution in [-0.4, -0.2) is 13.2 Å². The van der Waals surface area contributed by atoms with Crippen molar-refractivity contribution in [2.45, 2.75) is 18.9 Å². The second kappa shape index (κ2) is 5.40. The van der Waals surface area contributed by atoms with Crippen LogP contribution in [-0.2, 0) is 9.47 Å². The van der Waals surface area contributed by atoms with Gasteiger partial charge >= 0.3 is 0 Å². The fourth-order valence-corrected chi connectivity index (χ4v) is 1.67. The minimum atomic E-state index is 0.125. The average Bonchev–Trinajstić information content (AvgIpc) is 2.38. The molecule has 1 aliphatic rings. The van der Waals surface area contributed by atoms with Crippen LogP contribution in [0.5, 0.6) is 0 Å². The molecule has 0 bridgehead atoms. The van der Waals surface area contributed by atoms with Crippen molar-refractivity contribution in [1.29, 1.82) is 0 Å². The van der Waals surface area contributed by atoms with Crippen LogP contribution in [0.25, 0.3) is 6.08 Å². The van der Waals surface area contributed by atoms with E-state index >= 15 is 0 Å². The van der Waals surface area contributed by atoms with Crippen molar-refractivity contribution in [3.05, 3.63) is 54.0 Å². The van der Waals surface area contributed by atoms with Gasteiger partial charge < -0.3 is 9.47 Å². The first kappa shape index (κ1) is 10.8. The summed E-state index contributed by atoms with van der Waals surface area (Å²) < 4.78 is 10.7. The van der Waals surface area contributed by atoms with Crippen molar-refractivity contribution in [3.8, 4) is 0 Å². The SMILES string of the molecule is COC1=CCCC(/C=C/c2ccccc2)O1. The molecule has 0 saturated heterocycles. The molecular weight excluding hydrogens is 200 g/mol. The van der Waals surface area contributed by atoms with Crippen LogP contribution in [0.4, 0.5) is 0 Å². The number of allylic oxidation sites excluding steroid dienone is 1. The second-order valence-corrected chi connectivity index (χ2v) is 3.73. The Hall–Kier alpha value is -1.70. The van der Waals surface area contributed by atoms with Crippen molar-refractivity contribution in [2.24, 2.45) is 0 Å². The summed E-state index contributed by atoms with van der Waals surface area (Å²) in [4.78, 5) is 0. The smallest absolute Gasteiger partial charge is 0.275 e. The van der Waals surface area contributed by atoms with Gasteiger partial charge in [-0.1, -0.05) is 36.4 Å². The molecule has 0 aliphatic carbocycles. The van der Waals surface area contributed by atoms with Gasteiger partial charge in [0.25, 0.3) is 5.95 Å². The van der Waals surface area contributed by atoms with Gasteiger partial charge in [0, 0.05) is 0 Å². The molecule has 1 aromatic carbocycles. The standard InChI is InChI=1S/C14H16O2/c1-15-14-9-5-8-13(16-14)11-10-12-6-3-2-4-7-12/h2-4,6-7,9-11,13H,5,8H2,1H3/b11-10+. The van der Waals surface area contributed by atoms with Crippen LogP contribution in [0.15, 0.2) is 48.4 Å². The summed E-state index contributed by atoms with van der Waals surface area (Å²) in [6, 6.07) is 10.2. The first-order valence-electron chi connectivity index (χ1n) is 5.52. The molecule has 0 saturated carbocycles. The summed E-state index contributed by atoms with van der Waals surface area (Å²) in [5.41, 5.74) is 1.19. The lowest BCUT2D eigenvalue weighted by Gasteiger charge is -2.20. The molecule has 1 heterocycles. The summed E-state index contributed by atoms with van der Waals surface area (Å²) >= 11 is 0. The van der Waals surface area contributed by atoms with Crippen molar-refractivity contribution in [1.82, 2.24) is 0 Å². The summed E-state index contributed by atoms with van der Waals surface area (Å²) in [5.74, 6) is 0.633. The molecule has 1 aromatic rings. The van der Waals surface area contributed by atoms with Gasteiger partial charge in [-0.15, -0.1) is 0 Å². The van der Waals surface area contributed by atoms with Gasteiger partial charge in [0.2, 0.25) is 0 Å². The molecule has 0 fully saturated rings. The Morgan fingerprint density at radius 2 is 2.12 bits per heavy atom. The molecule has 0 radical (unpaired) electrons. The highest BCUT2D eigenvalue weighted by Crippen LogP contribution is 2.18. The third kappa shape index (κ3) is 2.89. The van der Waals surface area contributed by atoms with E-state index in [1.807, 2.05) is 24.3 Å². The Balaban J connectivity index is 1.96. The average molecular weight is 216 g/mol. The maximum atomic E-state index is 5.61. The maximum absolute atomic E-state index is 5.61. The van der Waals surface area contributed by atoms with Crippen molar-refractivity contribution >= 4 is 6.08 Å². The number of benzene rings is 1. The third-order valence-electron chi connectivity index (χ3n) is 2.53. The van der Waals surface area contributed by atoms with Gasteiger partial charge in [-0.2, -0.15) is 0 Å². The summed E-state index contributed by atoms with van der Waals surface area (Å²) in [5, 5.41) is 0. The van der Waals surface area contributed by atoms with Crippen LogP contribution >= 0.6 is 0 Å². The van der Waals surface area contributed by atoms with E-state index in [9.17, 15) is 0 Å². The maximum Gasteiger partial charge on any atom is 0.275 e. The van der Waals surface area contributed by atoms with Gasteiger partial charge in [0.05, 0.1) is 7.11 Å². The van der Waals surface area contributed by atoms with E-state index in [0.717, 1.165) is 12.8 Å². The van der Waals surface area contributed by atoms with Gasteiger partial charge in [-0.25, -0.2) is 0 Å². The highest BCUT2D eigenvalue weighted by molar-refractivity contribution is 5.49. The summed E-state index contributed by atoms with van der Waals surface area (Å²) in [6.45, 7) is 0. The van der Waals surface area contributed by atoms with Gasteiger partial charge in [0.1, 0.15) is 6.10 Å². The lowest BCUT2D eigenvalue weighted by atomic mass is 10.1. The zero-order valence-electron chi connectivity index (χ0n) is 9.43. The van der Waals surface area contributed by atoms with Crippen molar-refractivity contribution < 1.29 is 9.47 Å². The first-order valence-corrected chi connectivity index (χ1v) is 5.52. The molecule has 0 amide bonds. The van der Waals surface area contributed by atoms with E-state index in [1.165, 1.54) is 5.56 Å². The molecule has 16 heavy (non-hydrogen) atoms. The molecule has 1 atom stereocenters. The Morgan fingerprint density at radius 1 is 1.31 bits per heavy atom. The molecule has 0 N–H and O–H groups in total. The van der Waals surface area contributed by atoms with Crippen LogP contribution in [0.1, 0.15) is 18.4 Å². The molecule has 2 nitrogen and oxygen atoms in total.